The number of anilines is 2. The zero-order chi connectivity index (χ0) is 27.1. The second kappa shape index (κ2) is 11.1. The van der Waals surface area contributed by atoms with Crippen LogP contribution in [0.5, 0.6) is 0 Å². The molecule has 0 N–H and O–H groups in total. The van der Waals surface area contributed by atoms with Gasteiger partial charge in [0.25, 0.3) is 0 Å². The predicted molar refractivity (Wildman–Crippen MR) is 164 cm³/mol. The minimum atomic E-state index is 0.705. The average molecular weight is 541 g/mol. The number of piperazine rings is 2. The quantitative estimate of drug-likeness (QED) is 0.362. The van der Waals surface area contributed by atoms with Crippen molar-refractivity contribution in [1.82, 2.24) is 28.9 Å². The monoisotopic (exact) mass is 540 g/mol. The van der Waals surface area contributed by atoms with Gasteiger partial charge in [0.05, 0.1) is 22.1 Å². The molecular weight excluding hydrogens is 496 g/mol. The van der Waals surface area contributed by atoms with E-state index >= 15 is 0 Å². The van der Waals surface area contributed by atoms with Crippen molar-refractivity contribution in [3.8, 4) is 0 Å². The summed E-state index contributed by atoms with van der Waals surface area (Å²) in [5.74, 6) is 3.77. The molecule has 4 aromatic rings. The van der Waals surface area contributed by atoms with Crippen LogP contribution in [0.3, 0.4) is 0 Å². The molecule has 1 saturated carbocycles. The predicted octanol–water partition coefficient (Wildman–Crippen LogP) is 4.40. The highest BCUT2D eigenvalue weighted by molar-refractivity contribution is 5.79. The summed E-state index contributed by atoms with van der Waals surface area (Å²) in [7, 11) is 4.44. The Morgan fingerprint density at radius 3 is 1.32 bits per heavy atom. The van der Waals surface area contributed by atoms with E-state index in [2.05, 4.69) is 91.4 Å². The van der Waals surface area contributed by atoms with Gasteiger partial charge in [-0.2, -0.15) is 0 Å². The number of hydrogen-bond acceptors (Lipinski definition) is 6. The van der Waals surface area contributed by atoms with Gasteiger partial charge in [-0.3, -0.25) is 0 Å². The summed E-state index contributed by atoms with van der Waals surface area (Å²) in [6.07, 6.45) is 5.15. The minimum Gasteiger partial charge on any atom is -0.340 e. The summed E-state index contributed by atoms with van der Waals surface area (Å²) >= 11 is 0. The number of rotatable bonds is 6. The van der Waals surface area contributed by atoms with Gasteiger partial charge >= 0.3 is 0 Å². The molecule has 0 amide bonds. The Morgan fingerprint density at radius 1 is 0.550 bits per heavy atom. The van der Waals surface area contributed by atoms with Crippen LogP contribution in [0.2, 0.25) is 0 Å². The zero-order valence-corrected chi connectivity index (χ0v) is 24.3. The topological polar surface area (TPSA) is 48.6 Å². The molecule has 3 fully saturated rings. The van der Waals surface area contributed by atoms with Gasteiger partial charge in [-0.1, -0.05) is 24.3 Å². The maximum absolute atomic E-state index is 5.13. The third-order valence-corrected chi connectivity index (χ3v) is 9.69. The molecule has 0 bridgehead atoms. The van der Waals surface area contributed by atoms with Gasteiger partial charge in [-0.25, -0.2) is 9.97 Å². The van der Waals surface area contributed by atoms with E-state index in [4.69, 9.17) is 9.97 Å². The lowest BCUT2D eigenvalue weighted by Crippen LogP contribution is -2.45. The molecular formula is C32H44N8. The molecule has 4 heterocycles. The van der Waals surface area contributed by atoms with Crippen LogP contribution in [0.4, 0.5) is 11.9 Å². The van der Waals surface area contributed by atoms with Gasteiger partial charge in [-0.05, 0) is 75.9 Å². The van der Waals surface area contributed by atoms with Crippen LogP contribution in [-0.2, 0) is 13.1 Å². The fourth-order valence-corrected chi connectivity index (χ4v) is 7.09. The number of fused-ring (bicyclic) bond motifs is 2. The van der Waals surface area contributed by atoms with E-state index in [9.17, 15) is 0 Å². The molecule has 2 aromatic carbocycles. The van der Waals surface area contributed by atoms with Crippen molar-refractivity contribution < 1.29 is 0 Å². The Morgan fingerprint density at radius 2 is 0.925 bits per heavy atom. The van der Waals surface area contributed by atoms with Crippen molar-refractivity contribution in [3.63, 3.8) is 0 Å². The van der Waals surface area contributed by atoms with Crippen molar-refractivity contribution in [2.75, 3.05) is 76.3 Å². The van der Waals surface area contributed by atoms with Crippen LogP contribution in [-0.4, -0.2) is 95.4 Å². The number of imidazole rings is 2. The maximum Gasteiger partial charge on any atom is 0.206 e. The van der Waals surface area contributed by atoms with Crippen LogP contribution in [0.25, 0.3) is 22.1 Å². The van der Waals surface area contributed by atoms with E-state index in [1.807, 2.05) is 0 Å². The Kier molecular flexibility index (Phi) is 7.14. The molecule has 8 nitrogen and oxygen atoms in total. The lowest BCUT2D eigenvalue weighted by molar-refractivity contribution is 0.235. The molecule has 40 heavy (non-hydrogen) atoms. The second-order valence-electron chi connectivity index (χ2n) is 12.5. The Bertz CT molecular complexity index is 1320. The average Bonchev–Trinajstić information content (AvgIpc) is 3.53. The van der Waals surface area contributed by atoms with Crippen LogP contribution >= 0.6 is 0 Å². The fourth-order valence-electron chi connectivity index (χ4n) is 7.09. The number of para-hydroxylation sites is 4. The van der Waals surface area contributed by atoms with Gasteiger partial charge in [0.1, 0.15) is 0 Å². The Hall–Kier alpha value is -3.10. The largest absolute Gasteiger partial charge is 0.340 e. The third kappa shape index (κ3) is 5.07. The van der Waals surface area contributed by atoms with Crippen molar-refractivity contribution in [1.29, 1.82) is 0 Å². The summed E-state index contributed by atoms with van der Waals surface area (Å²) in [4.78, 5) is 20.1. The van der Waals surface area contributed by atoms with Crippen molar-refractivity contribution >= 4 is 34.0 Å². The van der Waals surface area contributed by atoms with Crippen LogP contribution in [0, 0.1) is 11.8 Å². The Balaban J connectivity index is 1.06. The van der Waals surface area contributed by atoms with E-state index in [-0.39, 0.29) is 0 Å². The highest BCUT2D eigenvalue weighted by Crippen LogP contribution is 2.35. The molecule has 0 unspecified atom stereocenters. The van der Waals surface area contributed by atoms with Gasteiger partial charge < -0.3 is 28.7 Å². The highest BCUT2D eigenvalue weighted by Gasteiger charge is 2.28. The minimum absolute atomic E-state index is 0.705. The molecule has 0 radical (unpaired) electrons. The van der Waals surface area contributed by atoms with Crippen molar-refractivity contribution in [2.24, 2.45) is 11.8 Å². The molecule has 2 aromatic heterocycles. The molecule has 2 saturated heterocycles. The van der Waals surface area contributed by atoms with Crippen LogP contribution in [0.15, 0.2) is 48.5 Å². The van der Waals surface area contributed by atoms with Gasteiger partial charge in [0.2, 0.25) is 11.9 Å². The van der Waals surface area contributed by atoms with E-state index in [0.29, 0.717) is 11.8 Å². The molecule has 212 valence electrons. The molecule has 7 rings (SSSR count). The summed E-state index contributed by atoms with van der Waals surface area (Å²) in [6.45, 7) is 10.8. The molecule has 0 spiro atoms. The van der Waals surface area contributed by atoms with Gasteiger partial charge in [0, 0.05) is 65.4 Å². The Labute approximate surface area is 238 Å². The molecule has 2 aliphatic heterocycles. The SMILES string of the molecule is CN1CCN(c2nc3ccccc3n2C[C@H]2CC[C@H](Cn3c(N4CCN(C)CC4)nc4ccccc43)CC2)CC1. The lowest BCUT2D eigenvalue weighted by Gasteiger charge is -2.35. The zero-order valence-electron chi connectivity index (χ0n) is 24.3. The van der Waals surface area contributed by atoms with Crippen molar-refractivity contribution in [3.05, 3.63) is 48.5 Å². The number of nitrogens with zero attached hydrogens (tertiary/aromatic N) is 8. The first kappa shape index (κ1) is 25.8. The number of likely N-dealkylation sites (N-methyl/N-ethyl adjacent to an activating group) is 2. The number of hydrogen-bond donors (Lipinski definition) is 0. The van der Waals surface area contributed by atoms with E-state index in [1.165, 1.54) is 48.6 Å². The van der Waals surface area contributed by atoms with E-state index in [0.717, 1.165) is 76.5 Å². The number of aromatic nitrogens is 4. The summed E-state index contributed by atoms with van der Waals surface area (Å²) in [5, 5.41) is 0. The molecule has 0 atom stereocenters. The smallest absolute Gasteiger partial charge is 0.206 e. The summed E-state index contributed by atoms with van der Waals surface area (Å²) in [5.41, 5.74) is 4.85. The molecule has 3 aliphatic rings. The van der Waals surface area contributed by atoms with Crippen molar-refractivity contribution in [2.45, 2.75) is 38.8 Å². The summed E-state index contributed by atoms with van der Waals surface area (Å²) in [6, 6.07) is 17.4. The van der Waals surface area contributed by atoms with E-state index in [1.54, 1.807) is 0 Å². The number of benzene rings is 2. The third-order valence-electron chi connectivity index (χ3n) is 9.69. The molecule has 1 aliphatic carbocycles. The first-order chi connectivity index (χ1) is 19.6. The fraction of sp³-hybridized carbons (Fsp3) is 0.562. The van der Waals surface area contributed by atoms with Gasteiger partial charge in [0.15, 0.2) is 0 Å². The first-order valence-corrected chi connectivity index (χ1v) is 15.4. The maximum atomic E-state index is 5.13. The normalized spacial score (nSPS) is 23.4. The van der Waals surface area contributed by atoms with Gasteiger partial charge in [-0.15, -0.1) is 0 Å². The molecule has 8 heteroatoms. The highest BCUT2D eigenvalue weighted by atomic mass is 15.4. The summed E-state index contributed by atoms with van der Waals surface area (Å²) < 4.78 is 5.08. The van der Waals surface area contributed by atoms with E-state index < -0.39 is 0 Å². The van der Waals surface area contributed by atoms with Crippen LogP contribution in [0.1, 0.15) is 25.7 Å². The first-order valence-electron chi connectivity index (χ1n) is 15.4. The lowest BCUT2D eigenvalue weighted by atomic mass is 9.82. The standard InChI is InChI=1S/C32H44N8/c1-35-15-19-37(20-16-35)31-33-27-7-3-5-9-29(27)39(31)23-25-11-13-26(14-12-25)24-40-30-10-6-4-8-28(30)34-32(40)38-21-17-36(2)18-22-38/h3-10,25-26H,11-24H2,1-2H3/t25-,26-. The van der Waals surface area contributed by atoms with Crippen LogP contribution < -0.4 is 9.80 Å². The second-order valence-corrected chi connectivity index (χ2v) is 12.5.